The lowest BCUT2D eigenvalue weighted by Crippen LogP contribution is -2.37. The number of urea groups is 1. The van der Waals surface area contributed by atoms with E-state index in [1.807, 2.05) is 53.2 Å². The lowest BCUT2D eigenvalue weighted by molar-refractivity contribution is 0.238. The van der Waals surface area contributed by atoms with Crippen molar-refractivity contribution >= 4 is 40.3 Å². The van der Waals surface area contributed by atoms with Crippen molar-refractivity contribution < 1.29 is 4.79 Å². The van der Waals surface area contributed by atoms with Crippen LogP contribution in [0.3, 0.4) is 0 Å². The second-order valence-electron chi connectivity index (χ2n) is 4.96. The van der Waals surface area contributed by atoms with Crippen LogP contribution < -0.4 is 10.6 Å². The van der Waals surface area contributed by atoms with E-state index in [2.05, 4.69) is 16.0 Å². The van der Waals surface area contributed by atoms with Crippen LogP contribution in [0, 0.1) is 0 Å². The maximum atomic E-state index is 12.2. The van der Waals surface area contributed by atoms with Gasteiger partial charge in [0.25, 0.3) is 0 Å². The summed E-state index contributed by atoms with van der Waals surface area (Å²) in [5.74, 6) is 0. The normalized spacial score (nSPS) is 11.9. The molecule has 0 saturated carbocycles. The average molecular weight is 363 g/mol. The first-order valence-electron chi connectivity index (χ1n) is 7.06. The Hall–Kier alpha value is -1.82. The molecule has 2 N–H and O–H groups in total. The monoisotopic (exact) mass is 362 g/mol. The Kier molecular flexibility index (Phi) is 5.33. The van der Waals surface area contributed by atoms with E-state index in [1.165, 1.54) is 0 Å². The highest BCUT2D eigenvalue weighted by Crippen LogP contribution is 2.27. The van der Waals surface area contributed by atoms with Gasteiger partial charge in [-0.2, -0.15) is 11.3 Å². The molecule has 1 atom stereocenters. The number of benzene rings is 1. The van der Waals surface area contributed by atoms with Crippen molar-refractivity contribution in [1.82, 2.24) is 10.6 Å². The Morgan fingerprint density at radius 1 is 1.13 bits per heavy atom. The van der Waals surface area contributed by atoms with Crippen LogP contribution in [-0.2, 0) is 6.54 Å². The van der Waals surface area contributed by atoms with Gasteiger partial charge in [0.15, 0.2) is 0 Å². The minimum Gasteiger partial charge on any atom is -0.334 e. The van der Waals surface area contributed by atoms with Crippen molar-refractivity contribution in [3.8, 4) is 0 Å². The standard InChI is InChI=1S/C17H15ClN2OS2/c18-14-5-3-12(4-6-14)10-19-17(21)20-16(13-7-9-22-11-13)15-2-1-8-23-15/h1-9,11,16H,10H2,(H2,19,20,21)/t16-/m1/s1. The average Bonchev–Trinajstić information content (AvgIpc) is 3.25. The smallest absolute Gasteiger partial charge is 0.315 e. The molecular formula is C17H15ClN2OS2. The molecule has 0 bridgehead atoms. The molecule has 2 amide bonds. The second-order valence-corrected chi connectivity index (χ2v) is 7.15. The Bertz CT molecular complexity index is 705. The number of carbonyl (C=O) groups is 1. The summed E-state index contributed by atoms with van der Waals surface area (Å²) < 4.78 is 0. The molecule has 23 heavy (non-hydrogen) atoms. The predicted molar refractivity (Wildman–Crippen MR) is 97.3 cm³/mol. The van der Waals surface area contributed by atoms with Gasteiger partial charge in [-0.1, -0.05) is 29.8 Å². The van der Waals surface area contributed by atoms with E-state index in [1.54, 1.807) is 22.7 Å². The van der Waals surface area contributed by atoms with Crippen LogP contribution in [0.5, 0.6) is 0 Å². The van der Waals surface area contributed by atoms with Gasteiger partial charge < -0.3 is 10.6 Å². The zero-order valence-corrected chi connectivity index (χ0v) is 14.5. The van der Waals surface area contributed by atoms with Crippen LogP contribution in [0.1, 0.15) is 22.0 Å². The molecule has 0 aliphatic carbocycles. The summed E-state index contributed by atoms with van der Waals surface area (Å²) in [4.78, 5) is 13.4. The molecule has 6 heteroatoms. The molecule has 0 aliphatic rings. The van der Waals surface area contributed by atoms with Crippen LogP contribution in [0.25, 0.3) is 0 Å². The number of hydrogen-bond acceptors (Lipinski definition) is 3. The number of halogens is 1. The van der Waals surface area contributed by atoms with Gasteiger partial charge in [-0.25, -0.2) is 4.79 Å². The van der Waals surface area contributed by atoms with Crippen molar-refractivity contribution in [1.29, 1.82) is 0 Å². The maximum absolute atomic E-state index is 12.2. The van der Waals surface area contributed by atoms with Gasteiger partial charge in [0.1, 0.15) is 0 Å². The number of carbonyl (C=O) groups excluding carboxylic acids is 1. The first-order valence-corrected chi connectivity index (χ1v) is 9.27. The number of nitrogens with one attached hydrogen (secondary N) is 2. The zero-order valence-electron chi connectivity index (χ0n) is 12.2. The molecule has 3 rings (SSSR count). The highest BCUT2D eigenvalue weighted by molar-refractivity contribution is 7.10. The third-order valence-corrected chi connectivity index (χ3v) is 5.24. The van der Waals surface area contributed by atoms with Crippen LogP contribution >= 0.6 is 34.3 Å². The summed E-state index contributed by atoms with van der Waals surface area (Å²) in [6.45, 7) is 0.462. The largest absolute Gasteiger partial charge is 0.334 e. The molecule has 0 saturated heterocycles. The van der Waals surface area contributed by atoms with Crippen LogP contribution in [0.2, 0.25) is 5.02 Å². The summed E-state index contributed by atoms with van der Waals surface area (Å²) in [5, 5.41) is 12.7. The quantitative estimate of drug-likeness (QED) is 0.655. The SMILES string of the molecule is O=C(NCc1ccc(Cl)cc1)N[C@H](c1ccsc1)c1cccs1. The minimum absolute atomic E-state index is 0.119. The lowest BCUT2D eigenvalue weighted by atomic mass is 10.1. The van der Waals surface area contributed by atoms with Gasteiger partial charge in [0.05, 0.1) is 6.04 Å². The van der Waals surface area contributed by atoms with Crippen LogP contribution in [0.15, 0.2) is 58.6 Å². The summed E-state index contributed by atoms with van der Waals surface area (Å²) in [5.41, 5.74) is 2.10. The zero-order chi connectivity index (χ0) is 16.1. The van der Waals surface area contributed by atoms with E-state index in [9.17, 15) is 4.79 Å². The van der Waals surface area contributed by atoms with Crippen molar-refractivity contribution in [3.05, 3.63) is 79.6 Å². The first kappa shape index (κ1) is 16.1. The van der Waals surface area contributed by atoms with Gasteiger partial charge in [0, 0.05) is 16.4 Å². The number of amides is 2. The molecule has 3 aromatic rings. The van der Waals surface area contributed by atoms with E-state index >= 15 is 0 Å². The Morgan fingerprint density at radius 2 is 1.96 bits per heavy atom. The van der Waals surface area contributed by atoms with Crippen molar-refractivity contribution in [3.63, 3.8) is 0 Å². The minimum atomic E-state index is -0.190. The summed E-state index contributed by atoms with van der Waals surface area (Å²) >= 11 is 9.12. The molecule has 1 aromatic carbocycles. The lowest BCUT2D eigenvalue weighted by Gasteiger charge is -2.17. The molecule has 3 nitrogen and oxygen atoms in total. The molecule has 0 aliphatic heterocycles. The Balaban J connectivity index is 1.63. The number of rotatable bonds is 5. The van der Waals surface area contributed by atoms with E-state index in [-0.39, 0.29) is 12.1 Å². The Morgan fingerprint density at radius 3 is 2.61 bits per heavy atom. The molecule has 118 valence electrons. The summed E-state index contributed by atoms with van der Waals surface area (Å²) in [6, 6.07) is 13.2. The fraction of sp³-hybridized carbons (Fsp3) is 0.118. The third-order valence-electron chi connectivity index (χ3n) is 3.35. The fourth-order valence-corrected chi connectivity index (χ4v) is 3.79. The van der Waals surface area contributed by atoms with Crippen molar-refractivity contribution in [2.45, 2.75) is 12.6 Å². The van der Waals surface area contributed by atoms with E-state index in [4.69, 9.17) is 11.6 Å². The van der Waals surface area contributed by atoms with Gasteiger partial charge >= 0.3 is 6.03 Å². The predicted octanol–water partition coefficient (Wildman–Crippen LogP) is 5.05. The molecule has 0 radical (unpaired) electrons. The molecule has 0 unspecified atom stereocenters. The van der Waals surface area contributed by atoms with Crippen LogP contribution in [-0.4, -0.2) is 6.03 Å². The number of hydrogen-bond donors (Lipinski definition) is 2. The van der Waals surface area contributed by atoms with Gasteiger partial charge in [-0.3, -0.25) is 0 Å². The third kappa shape index (κ3) is 4.34. The molecular weight excluding hydrogens is 348 g/mol. The second kappa shape index (κ2) is 7.64. The van der Waals surface area contributed by atoms with E-state index in [0.29, 0.717) is 11.6 Å². The van der Waals surface area contributed by atoms with Crippen molar-refractivity contribution in [2.75, 3.05) is 0 Å². The summed E-state index contributed by atoms with van der Waals surface area (Å²) in [7, 11) is 0. The van der Waals surface area contributed by atoms with Gasteiger partial charge in [0.2, 0.25) is 0 Å². The highest BCUT2D eigenvalue weighted by Gasteiger charge is 2.18. The maximum Gasteiger partial charge on any atom is 0.315 e. The molecule has 0 fully saturated rings. The van der Waals surface area contributed by atoms with Gasteiger partial charge in [-0.05, 0) is 51.5 Å². The first-order chi connectivity index (χ1) is 11.2. The molecule has 2 heterocycles. The van der Waals surface area contributed by atoms with Gasteiger partial charge in [-0.15, -0.1) is 11.3 Å². The van der Waals surface area contributed by atoms with Crippen molar-refractivity contribution in [2.24, 2.45) is 0 Å². The fourth-order valence-electron chi connectivity index (χ4n) is 2.18. The van der Waals surface area contributed by atoms with E-state index in [0.717, 1.165) is 16.0 Å². The highest BCUT2D eigenvalue weighted by atomic mass is 35.5. The molecule has 2 aromatic heterocycles. The Labute approximate surface area is 147 Å². The van der Waals surface area contributed by atoms with E-state index < -0.39 is 0 Å². The number of thiophene rings is 2. The topological polar surface area (TPSA) is 41.1 Å². The van der Waals surface area contributed by atoms with Crippen LogP contribution in [0.4, 0.5) is 4.79 Å². The summed E-state index contributed by atoms with van der Waals surface area (Å²) in [6.07, 6.45) is 0. The molecule has 0 spiro atoms.